The lowest BCUT2D eigenvalue weighted by atomic mass is 10.1. The molecule has 0 heterocycles. The van der Waals surface area contributed by atoms with Crippen molar-refractivity contribution in [2.75, 3.05) is 0 Å². The zero-order valence-electron chi connectivity index (χ0n) is 9.10. The molecular weight excluding hydrogens is 213 g/mol. The summed E-state index contributed by atoms with van der Waals surface area (Å²) in [5.74, 6) is -0.247. The van der Waals surface area contributed by atoms with Crippen molar-refractivity contribution in [3.63, 3.8) is 0 Å². The summed E-state index contributed by atoms with van der Waals surface area (Å²) in [6.45, 7) is 7.04. The monoisotopic (exact) mass is 223 g/mol. The van der Waals surface area contributed by atoms with Gasteiger partial charge >= 0.3 is 0 Å². The molecule has 17 heavy (non-hydrogen) atoms. The zero-order valence-corrected chi connectivity index (χ0v) is 9.10. The summed E-state index contributed by atoms with van der Waals surface area (Å²) in [5.41, 5.74) is 2.39. The maximum atomic E-state index is 12.7. The molecule has 0 saturated heterocycles. The molecule has 0 fully saturated rings. The highest BCUT2D eigenvalue weighted by Gasteiger charge is 1.96. The van der Waals surface area contributed by atoms with E-state index in [-0.39, 0.29) is 5.82 Å². The van der Waals surface area contributed by atoms with E-state index in [0.29, 0.717) is 5.69 Å². The van der Waals surface area contributed by atoms with Gasteiger partial charge in [0, 0.05) is 0 Å². The quantitative estimate of drug-likeness (QED) is 0.519. The lowest BCUT2D eigenvalue weighted by molar-refractivity contribution is 0.628. The second kappa shape index (κ2) is 5.09. The van der Waals surface area contributed by atoms with Crippen molar-refractivity contribution in [1.82, 2.24) is 0 Å². The lowest BCUT2D eigenvalue weighted by Gasteiger charge is -1.97. The van der Waals surface area contributed by atoms with Crippen LogP contribution in [0, 0.1) is 12.4 Å². The van der Waals surface area contributed by atoms with Gasteiger partial charge in [-0.2, -0.15) is 0 Å². The van der Waals surface area contributed by atoms with Crippen LogP contribution in [0.1, 0.15) is 11.1 Å². The normalized spacial score (nSPS) is 10.4. The standard InChI is InChI=1S/C15H10FN/c1-17-15-5-3-2-4-13(15)9-6-12-7-10-14(16)11-8-12/h2-11H. The first kappa shape index (κ1) is 11.1. The Morgan fingerprint density at radius 3 is 2.35 bits per heavy atom. The molecule has 2 rings (SSSR count). The molecular formula is C15H10FN. The first-order chi connectivity index (χ1) is 8.29. The fraction of sp³-hybridized carbons (Fsp3) is 0. The van der Waals surface area contributed by atoms with E-state index in [1.807, 2.05) is 30.4 Å². The minimum atomic E-state index is -0.247. The van der Waals surface area contributed by atoms with E-state index in [1.165, 1.54) is 12.1 Å². The summed E-state index contributed by atoms with van der Waals surface area (Å²) in [7, 11) is 0. The molecule has 0 aliphatic heterocycles. The molecule has 2 heteroatoms. The van der Waals surface area contributed by atoms with Crippen LogP contribution in [-0.2, 0) is 0 Å². The van der Waals surface area contributed by atoms with Crippen LogP contribution >= 0.6 is 0 Å². The van der Waals surface area contributed by atoms with Crippen molar-refractivity contribution in [1.29, 1.82) is 0 Å². The Kier molecular flexibility index (Phi) is 3.32. The molecule has 1 nitrogen and oxygen atoms in total. The van der Waals surface area contributed by atoms with E-state index in [0.717, 1.165) is 11.1 Å². The number of hydrogen-bond donors (Lipinski definition) is 0. The second-order valence-corrected chi connectivity index (χ2v) is 3.56. The Morgan fingerprint density at radius 2 is 1.65 bits per heavy atom. The molecule has 0 radical (unpaired) electrons. The number of benzene rings is 2. The van der Waals surface area contributed by atoms with E-state index in [9.17, 15) is 4.39 Å². The van der Waals surface area contributed by atoms with Crippen molar-refractivity contribution < 1.29 is 4.39 Å². The minimum absolute atomic E-state index is 0.247. The summed E-state index contributed by atoms with van der Waals surface area (Å²) in [4.78, 5) is 3.44. The molecule has 0 unspecified atom stereocenters. The Morgan fingerprint density at radius 1 is 0.941 bits per heavy atom. The summed E-state index contributed by atoms with van der Waals surface area (Å²) in [6.07, 6.45) is 3.73. The number of nitrogens with zero attached hydrogens (tertiary/aromatic N) is 1. The highest BCUT2D eigenvalue weighted by molar-refractivity contribution is 5.76. The third-order valence-electron chi connectivity index (χ3n) is 2.38. The minimum Gasteiger partial charge on any atom is -0.238 e. The van der Waals surface area contributed by atoms with E-state index in [1.54, 1.807) is 18.2 Å². The average molecular weight is 223 g/mol. The van der Waals surface area contributed by atoms with Gasteiger partial charge in [0.15, 0.2) is 5.69 Å². The fourth-order valence-corrected chi connectivity index (χ4v) is 1.49. The molecule has 0 saturated carbocycles. The molecule has 0 aliphatic carbocycles. The van der Waals surface area contributed by atoms with E-state index >= 15 is 0 Å². The van der Waals surface area contributed by atoms with Gasteiger partial charge in [-0.15, -0.1) is 0 Å². The smallest absolute Gasteiger partial charge is 0.194 e. The first-order valence-corrected chi connectivity index (χ1v) is 5.20. The van der Waals surface area contributed by atoms with Gasteiger partial charge < -0.3 is 0 Å². The van der Waals surface area contributed by atoms with Crippen LogP contribution in [0.3, 0.4) is 0 Å². The van der Waals surface area contributed by atoms with Crippen LogP contribution in [-0.4, -0.2) is 0 Å². The summed E-state index contributed by atoms with van der Waals surface area (Å²) >= 11 is 0. The van der Waals surface area contributed by atoms with Crippen LogP contribution in [0.15, 0.2) is 48.5 Å². The third kappa shape index (κ3) is 2.79. The van der Waals surface area contributed by atoms with Crippen molar-refractivity contribution in [2.24, 2.45) is 0 Å². The molecule has 0 aromatic heterocycles. The number of rotatable bonds is 2. The predicted molar refractivity (Wildman–Crippen MR) is 68.0 cm³/mol. The molecule has 0 N–H and O–H groups in total. The molecule has 0 atom stereocenters. The second-order valence-electron chi connectivity index (χ2n) is 3.56. The van der Waals surface area contributed by atoms with Gasteiger partial charge in [0.2, 0.25) is 0 Å². The van der Waals surface area contributed by atoms with Crippen LogP contribution in [0.5, 0.6) is 0 Å². The van der Waals surface area contributed by atoms with Crippen molar-refractivity contribution in [3.8, 4) is 0 Å². The maximum absolute atomic E-state index is 12.7. The Balaban J connectivity index is 2.26. The topological polar surface area (TPSA) is 4.36 Å². The number of halogens is 1. The van der Waals surface area contributed by atoms with Crippen molar-refractivity contribution in [2.45, 2.75) is 0 Å². The van der Waals surface area contributed by atoms with Gasteiger partial charge in [-0.3, -0.25) is 0 Å². The Labute approximate surface area is 99.7 Å². The highest BCUT2D eigenvalue weighted by Crippen LogP contribution is 2.20. The SMILES string of the molecule is [C-]#[N+]c1ccccc1C=Cc1ccc(F)cc1. The largest absolute Gasteiger partial charge is 0.238 e. The van der Waals surface area contributed by atoms with Gasteiger partial charge in [-0.1, -0.05) is 48.6 Å². The maximum Gasteiger partial charge on any atom is 0.194 e. The predicted octanol–water partition coefficient (Wildman–Crippen LogP) is 4.55. The Hall–Kier alpha value is -2.40. The zero-order chi connectivity index (χ0) is 12.1. The van der Waals surface area contributed by atoms with Gasteiger partial charge in [0.25, 0.3) is 0 Å². The third-order valence-corrected chi connectivity index (χ3v) is 2.38. The van der Waals surface area contributed by atoms with Gasteiger partial charge in [-0.25, -0.2) is 9.24 Å². The number of para-hydroxylation sites is 1. The van der Waals surface area contributed by atoms with Crippen LogP contribution in [0.25, 0.3) is 17.0 Å². The molecule has 0 aliphatic rings. The number of hydrogen-bond acceptors (Lipinski definition) is 0. The first-order valence-electron chi connectivity index (χ1n) is 5.20. The summed E-state index contributed by atoms with van der Waals surface area (Å²) in [6, 6.07) is 13.6. The molecule has 0 bridgehead atoms. The average Bonchev–Trinajstić information content (AvgIpc) is 2.38. The molecule has 2 aromatic rings. The molecule has 0 spiro atoms. The van der Waals surface area contributed by atoms with Crippen molar-refractivity contribution in [3.05, 3.63) is 76.9 Å². The van der Waals surface area contributed by atoms with E-state index in [2.05, 4.69) is 4.85 Å². The van der Waals surface area contributed by atoms with Gasteiger partial charge in [0.1, 0.15) is 5.82 Å². The van der Waals surface area contributed by atoms with Gasteiger partial charge in [-0.05, 0) is 23.3 Å². The summed E-state index contributed by atoms with van der Waals surface area (Å²) < 4.78 is 12.7. The molecule has 2 aromatic carbocycles. The highest BCUT2D eigenvalue weighted by atomic mass is 19.1. The van der Waals surface area contributed by atoms with E-state index < -0.39 is 0 Å². The Bertz CT molecular complexity index is 577. The summed E-state index contributed by atoms with van der Waals surface area (Å²) in [5, 5.41) is 0. The van der Waals surface area contributed by atoms with Crippen molar-refractivity contribution >= 4 is 17.8 Å². The molecule has 0 amide bonds. The van der Waals surface area contributed by atoms with E-state index in [4.69, 9.17) is 6.57 Å². The van der Waals surface area contributed by atoms with Crippen LogP contribution in [0.4, 0.5) is 10.1 Å². The van der Waals surface area contributed by atoms with Gasteiger partial charge in [0.05, 0.1) is 6.57 Å². The fourth-order valence-electron chi connectivity index (χ4n) is 1.49. The van der Waals surface area contributed by atoms with Crippen LogP contribution < -0.4 is 0 Å². The van der Waals surface area contributed by atoms with Crippen LogP contribution in [0.2, 0.25) is 0 Å². The lowest BCUT2D eigenvalue weighted by Crippen LogP contribution is -1.75. The molecule has 82 valence electrons.